The molecule has 0 radical (unpaired) electrons. The van der Waals surface area contributed by atoms with Gasteiger partial charge in [0.25, 0.3) is 10.0 Å². The van der Waals surface area contributed by atoms with Crippen LogP contribution in [0, 0.1) is 0 Å². The van der Waals surface area contributed by atoms with Crippen molar-refractivity contribution in [3.8, 4) is 0 Å². The van der Waals surface area contributed by atoms with Crippen molar-refractivity contribution in [1.82, 2.24) is 9.97 Å². The Balaban J connectivity index is 2.46. The zero-order valence-corrected chi connectivity index (χ0v) is 12.2. The Morgan fingerprint density at radius 2 is 1.90 bits per heavy atom. The van der Waals surface area contributed by atoms with E-state index in [4.69, 9.17) is 0 Å². The van der Waals surface area contributed by atoms with Crippen LogP contribution >= 0.6 is 0 Å². The molecule has 9 heteroatoms. The van der Waals surface area contributed by atoms with Crippen LogP contribution in [0.5, 0.6) is 0 Å². The van der Waals surface area contributed by atoms with Crippen molar-refractivity contribution >= 4 is 25.5 Å². The first kappa shape index (κ1) is 14.5. The van der Waals surface area contributed by atoms with E-state index in [1.807, 2.05) is 0 Å². The fraction of sp³-hybridized carbons (Fsp3) is 0.182. The van der Waals surface area contributed by atoms with E-state index in [2.05, 4.69) is 14.7 Å². The second kappa shape index (κ2) is 5.25. The Kier molecular flexibility index (Phi) is 3.82. The molecule has 0 aliphatic heterocycles. The van der Waals surface area contributed by atoms with Crippen molar-refractivity contribution in [2.24, 2.45) is 0 Å². The molecular weight excluding hydrogens is 302 g/mol. The molecule has 0 saturated heterocycles. The largest absolute Gasteiger partial charge is 0.334 e. The molecule has 0 atom stereocenters. The Morgan fingerprint density at radius 3 is 2.50 bits per heavy atom. The predicted octanol–water partition coefficient (Wildman–Crippen LogP) is 1.00. The van der Waals surface area contributed by atoms with Crippen LogP contribution in [-0.2, 0) is 19.9 Å². The highest BCUT2D eigenvalue weighted by Gasteiger charge is 2.21. The molecule has 2 N–H and O–H groups in total. The molecule has 2 aromatic rings. The van der Waals surface area contributed by atoms with Gasteiger partial charge in [0, 0.05) is 0 Å². The van der Waals surface area contributed by atoms with Crippen molar-refractivity contribution in [3.05, 3.63) is 36.8 Å². The van der Waals surface area contributed by atoms with Gasteiger partial charge in [-0.25, -0.2) is 13.4 Å². The molecule has 7 nitrogen and oxygen atoms in total. The van der Waals surface area contributed by atoms with Crippen molar-refractivity contribution in [2.75, 3.05) is 10.5 Å². The van der Waals surface area contributed by atoms with Crippen LogP contribution in [-0.4, -0.2) is 32.6 Å². The number of rotatable bonds is 5. The minimum atomic E-state index is -3.89. The normalized spacial score (nSPS) is 12.2. The molecule has 2 rings (SSSR count). The highest BCUT2D eigenvalue weighted by atomic mass is 32.2. The summed E-state index contributed by atoms with van der Waals surface area (Å²) < 4.78 is 50.2. The molecule has 0 bridgehead atoms. The van der Waals surface area contributed by atoms with Crippen LogP contribution in [0.2, 0.25) is 0 Å². The van der Waals surface area contributed by atoms with Gasteiger partial charge in [0.2, 0.25) is 0 Å². The average molecular weight is 315 g/mol. The quantitative estimate of drug-likeness (QED) is 0.855. The molecule has 0 aliphatic rings. The number of aromatic nitrogens is 2. The summed E-state index contributed by atoms with van der Waals surface area (Å²) in [5, 5.41) is -0.138. The highest BCUT2D eigenvalue weighted by molar-refractivity contribution is 7.93. The molecule has 0 fully saturated rings. The summed E-state index contributed by atoms with van der Waals surface area (Å²) in [6.07, 6.45) is 2.36. The van der Waals surface area contributed by atoms with E-state index >= 15 is 0 Å². The number of nitrogens with zero attached hydrogens (tertiary/aromatic N) is 1. The lowest BCUT2D eigenvalue weighted by atomic mass is 10.3. The molecule has 108 valence electrons. The Labute approximate surface area is 117 Å². The minimum Gasteiger partial charge on any atom is -0.334 e. The smallest absolute Gasteiger partial charge is 0.279 e. The SMILES string of the molecule is CCS(=O)(=O)c1ccccc1NS(=O)(=O)c1cnc[nH]1. The summed E-state index contributed by atoms with van der Waals surface area (Å²) >= 11 is 0. The molecule has 0 spiro atoms. The monoisotopic (exact) mass is 315 g/mol. The van der Waals surface area contributed by atoms with Crippen molar-refractivity contribution < 1.29 is 16.8 Å². The van der Waals surface area contributed by atoms with Gasteiger partial charge in [0.1, 0.15) is 0 Å². The second-order valence-electron chi connectivity index (χ2n) is 3.92. The third kappa shape index (κ3) is 2.83. The van der Waals surface area contributed by atoms with Gasteiger partial charge in [-0.05, 0) is 12.1 Å². The van der Waals surface area contributed by atoms with Gasteiger partial charge in [-0.2, -0.15) is 8.42 Å². The maximum atomic E-state index is 12.1. The topological polar surface area (TPSA) is 109 Å². The molecular formula is C11H13N3O4S2. The van der Waals surface area contributed by atoms with Crippen LogP contribution < -0.4 is 4.72 Å². The molecule has 0 aliphatic carbocycles. The number of hydrogen-bond acceptors (Lipinski definition) is 5. The third-order valence-electron chi connectivity index (χ3n) is 2.61. The van der Waals surface area contributed by atoms with Crippen LogP contribution in [0.3, 0.4) is 0 Å². The number of hydrogen-bond donors (Lipinski definition) is 2. The van der Waals surface area contributed by atoms with Gasteiger partial charge in [-0.1, -0.05) is 19.1 Å². The van der Waals surface area contributed by atoms with E-state index in [9.17, 15) is 16.8 Å². The number of benzene rings is 1. The molecule has 0 saturated carbocycles. The standard InChI is InChI=1S/C11H13N3O4S2/c1-2-19(15,16)10-6-4-3-5-9(10)14-20(17,18)11-7-12-8-13-11/h3-8,14H,2H2,1H3,(H,12,13). The first-order valence-corrected chi connectivity index (χ1v) is 8.83. The first-order valence-electron chi connectivity index (χ1n) is 5.70. The zero-order valence-electron chi connectivity index (χ0n) is 10.6. The summed E-state index contributed by atoms with van der Waals surface area (Å²) in [6, 6.07) is 5.86. The third-order valence-corrected chi connectivity index (χ3v) is 5.69. The summed E-state index contributed by atoms with van der Waals surface area (Å²) in [7, 11) is -7.42. The van der Waals surface area contributed by atoms with Crippen molar-refractivity contribution in [3.63, 3.8) is 0 Å². The Morgan fingerprint density at radius 1 is 1.20 bits per heavy atom. The van der Waals surface area contributed by atoms with E-state index < -0.39 is 19.9 Å². The zero-order chi connectivity index (χ0) is 14.8. The van der Waals surface area contributed by atoms with E-state index in [0.717, 1.165) is 6.20 Å². The second-order valence-corrected chi connectivity index (χ2v) is 7.82. The van der Waals surface area contributed by atoms with Gasteiger partial charge < -0.3 is 4.98 Å². The lowest BCUT2D eigenvalue weighted by Gasteiger charge is -2.11. The van der Waals surface area contributed by atoms with Gasteiger partial charge in [-0.15, -0.1) is 0 Å². The lowest BCUT2D eigenvalue weighted by molar-refractivity contribution is 0.597. The number of sulfone groups is 1. The summed E-state index contributed by atoms with van der Waals surface area (Å²) in [5.41, 5.74) is 0.0175. The lowest BCUT2D eigenvalue weighted by Crippen LogP contribution is -2.16. The summed E-state index contributed by atoms with van der Waals surface area (Å²) in [4.78, 5) is 6.03. The van der Waals surface area contributed by atoms with Crippen molar-refractivity contribution in [2.45, 2.75) is 16.8 Å². The molecule has 20 heavy (non-hydrogen) atoms. The average Bonchev–Trinajstić information content (AvgIpc) is 2.93. The number of para-hydroxylation sites is 1. The van der Waals surface area contributed by atoms with Gasteiger partial charge in [-0.3, -0.25) is 4.72 Å². The van der Waals surface area contributed by atoms with E-state index in [-0.39, 0.29) is 21.4 Å². The Hall–Kier alpha value is -1.87. The van der Waals surface area contributed by atoms with E-state index in [0.29, 0.717) is 0 Å². The van der Waals surface area contributed by atoms with Crippen molar-refractivity contribution in [1.29, 1.82) is 0 Å². The number of nitrogens with one attached hydrogen (secondary N) is 2. The predicted molar refractivity (Wildman–Crippen MR) is 73.6 cm³/mol. The van der Waals surface area contributed by atoms with Crippen LogP contribution in [0.4, 0.5) is 5.69 Å². The highest BCUT2D eigenvalue weighted by Crippen LogP contribution is 2.24. The minimum absolute atomic E-state index is 0.0175. The Bertz CT molecular complexity index is 796. The molecule has 0 amide bonds. The van der Waals surface area contributed by atoms with Gasteiger partial charge >= 0.3 is 0 Å². The van der Waals surface area contributed by atoms with E-state index in [1.165, 1.54) is 31.5 Å². The number of H-pyrrole nitrogens is 1. The summed E-state index contributed by atoms with van der Waals surface area (Å²) in [5.74, 6) is -0.115. The fourth-order valence-electron chi connectivity index (χ4n) is 1.57. The summed E-state index contributed by atoms with van der Waals surface area (Å²) in [6.45, 7) is 1.50. The number of sulfonamides is 1. The molecule has 0 unspecified atom stereocenters. The number of imidazole rings is 1. The molecule has 1 aromatic heterocycles. The van der Waals surface area contributed by atoms with E-state index in [1.54, 1.807) is 6.07 Å². The van der Waals surface area contributed by atoms with Crippen LogP contribution in [0.15, 0.2) is 46.7 Å². The van der Waals surface area contributed by atoms with Crippen LogP contribution in [0.1, 0.15) is 6.92 Å². The van der Waals surface area contributed by atoms with Gasteiger partial charge in [0.05, 0.1) is 28.9 Å². The molecule has 1 heterocycles. The van der Waals surface area contributed by atoms with Gasteiger partial charge in [0.15, 0.2) is 14.9 Å². The maximum Gasteiger partial charge on any atom is 0.279 e. The maximum absolute atomic E-state index is 12.1. The van der Waals surface area contributed by atoms with Crippen LogP contribution in [0.25, 0.3) is 0 Å². The fourth-order valence-corrected chi connectivity index (χ4v) is 3.67. The number of anilines is 1. The first-order chi connectivity index (χ1) is 9.37. The number of aromatic amines is 1. The molecule has 1 aromatic carbocycles.